The van der Waals surface area contributed by atoms with Crippen LogP contribution in [0.15, 0.2) is 53.4 Å². The van der Waals surface area contributed by atoms with Crippen molar-refractivity contribution >= 4 is 23.6 Å². The van der Waals surface area contributed by atoms with Gasteiger partial charge in [-0.15, -0.1) is 0 Å². The number of nitrogens with one attached hydrogen (secondary N) is 1. The summed E-state index contributed by atoms with van der Waals surface area (Å²) in [5, 5.41) is 2.64. The van der Waals surface area contributed by atoms with E-state index in [2.05, 4.69) is 5.32 Å². The van der Waals surface area contributed by atoms with Crippen molar-refractivity contribution in [3.63, 3.8) is 0 Å². The maximum absolute atomic E-state index is 12.5. The van der Waals surface area contributed by atoms with Crippen LogP contribution in [0.4, 0.5) is 8.78 Å². The second-order valence-electron chi connectivity index (χ2n) is 5.36. The molecular formula is C19H19F2NO4S. The number of amides is 1. The Morgan fingerprint density at radius 2 is 1.81 bits per heavy atom. The van der Waals surface area contributed by atoms with E-state index >= 15 is 0 Å². The van der Waals surface area contributed by atoms with E-state index in [1.165, 1.54) is 12.1 Å². The van der Waals surface area contributed by atoms with Gasteiger partial charge in [-0.3, -0.25) is 4.79 Å². The van der Waals surface area contributed by atoms with E-state index in [1.807, 2.05) is 24.3 Å². The van der Waals surface area contributed by atoms with Gasteiger partial charge in [0.25, 0.3) is 11.7 Å². The van der Waals surface area contributed by atoms with Crippen LogP contribution in [-0.4, -0.2) is 37.9 Å². The molecule has 1 N–H and O–H groups in total. The van der Waals surface area contributed by atoms with E-state index in [0.29, 0.717) is 13.0 Å². The molecule has 0 saturated heterocycles. The molecule has 0 aromatic heterocycles. The molecule has 2 rings (SSSR count). The van der Waals surface area contributed by atoms with Gasteiger partial charge in [0.2, 0.25) is 0 Å². The summed E-state index contributed by atoms with van der Waals surface area (Å²) in [6.45, 7) is -0.146. The lowest BCUT2D eigenvalue weighted by atomic mass is 10.1. The number of carbonyl (C=O) groups is 2. The van der Waals surface area contributed by atoms with Crippen molar-refractivity contribution in [2.75, 3.05) is 20.3 Å². The minimum atomic E-state index is -2.66. The summed E-state index contributed by atoms with van der Waals surface area (Å²) in [6.07, 6.45) is 0.553. The Balaban J connectivity index is 1.81. The van der Waals surface area contributed by atoms with Gasteiger partial charge in [0.15, 0.2) is 6.61 Å². The fourth-order valence-electron chi connectivity index (χ4n) is 2.34. The first-order chi connectivity index (χ1) is 13.0. The van der Waals surface area contributed by atoms with E-state index in [1.54, 1.807) is 19.2 Å². The van der Waals surface area contributed by atoms with Gasteiger partial charge in [-0.1, -0.05) is 42.1 Å². The first-order valence-corrected chi connectivity index (χ1v) is 8.98. The number of rotatable bonds is 9. The normalized spacial score (nSPS) is 10.5. The predicted molar refractivity (Wildman–Crippen MR) is 98.3 cm³/mol. The molecule has 2 aromatic rings. The summed E-state index contributed by atoms with van der Waals surface area (Å²) in [7, 11) is 1.57. The molecule has 2 aromatic carbocycles. The van der Waals surface area contributed by atoms with Gasteiger partial charge in [0.05, 0.1) is 12.7 Å². The number of halogens is 2. The topological polar surface area (TPSA) is 64.6 Å². The molecule has 0 unspecified atom stereocenters. The second-order valence-corrected chi connectivity index (χ2v) is 6.39. The molecule has 0 heterocycles. The third kappa shape index (κ3) is 6.56. The van der Waals surface area contributed by atoms with Crippen LogP contribution in [0.5, 0.6) is 5.75 Å². The highest BCUT2D eigenvalue weighted by Crippen LogP contribution is 2.28. The molecule has 0 radical (unpaired) electrons. The standard InChI is InChI=1S/C19H19F2NO4S/c1-25-15-8-4-2-6-13(15)10-11-22-17(23)12-26-18(24)14-7-3-5-9-16(14)27-19(20)21/h2-9,19H,10-12H2,1H3,(H,22,23). The summed E-state index contributed by atoms with van der Waals surface area (Å²) < 4.78 is 35.3. The van der Waals surface area contributed by atoms with Crippen LogP contribution in [0.3, 0.4) is 0 Å². The highest BCUT2D eigenvalue weighted by molar-refractivity contribution is 7.99. The third-order valence-electron chi connectivity index (χ3n) is 3.57. The third-order valence-corrected chi connectivity index (χ3v) is 4.35. The van der Waals surface area contributed by atoms with Gasteiger partial charge in [-0.2, -0.15) is 8.78 Å². The molecule has 0 atom stereocenters. The summed E-state index contributed by atoms with van der Waals surface area (Å²) in [4.78, 5) is 24.0. The number of hydrogen-bond donors (Lipinski definition) is 1. The molecule has 0 aliphatic carbocycles. The molecule has 5 nitrogen and oxygen atoms in total. The Morgan fingerprint density at radius 1 is 1.11 bits per heavy atom. The van der Waals surface area contributed by atoms with Crippen LogP contribution in [0.25, 0.3) is 0 Å². The minimum absolute atomic E-state index is 0.00428. The fraction of sp³-hybridized carbons (Fsp3) is 0.263. The van der Waals surface area contributed by atoms with E-state index in [9.17, 15) is 18.4 Å². The number of para-hydroxylation sites is 1. The van der Waals surface area contributed by atoms with Crippen LogP contribution in [-0.2, 0) is 16.0 Å². The van der Waals surface area contributed by atoms with Gasteiger partial charge in [0.1, 0.15) is 5.75 Å². The SMILES string of the molecule is COc1ccccc1CCNC(=O)COC(=O)c1ccccc1SC(F)F. The van der Waals surface area contributed by atoms with Gasteiger partial charge in [-0.05, 0) is 30.2 Å². The summed E-state index contributed by atoms with van der Waals surface area (Å²) in [6, 6.07) is 13.3. The maximum Gasteiger partial charge on any atom is 0.339 e. The van der Waals surface area contributed by atoms with Crippen molar-refractivity contribution in [2.24, 2.45) is 0 Å². The Hall–Kier alpha value is -2.61. The van der Waals surface area contributed by atoms with E-state index < -0.39 is 24.2 Å². The number of methoxy groups -OCH3 is 1. The highest BCUT2D eigenvalue weighted by Gasteiger charge is 2.17. The molecule has 0 spiro atoms. The Kier molecular flexibility index (Phi) is 8.06. The fourth-order valence-corrected chi connectivity index (χ4v) is 2.97. The van der Waals surface area contributed by atoms with Gasteiger partial charge in [-0.25, -0.2) is 4.79 Å². The van der Waals surface area contributed by atoms with E-state index in [-0.39, 0.29) is 22.2 Å². The molecule has 0 fully saturated rings. The van der Waals surface area contributed by atoms with Crippen LogP contribution in [0.2, 0.25) is 0 Å². The first-order valence-electron chi connectivity index (χ1n) is 8.11. The molecule has 0 saturated carbocycles. The zero-order chi connectivity index (χ0) is 19.6. The van der Waals surface area contributed by atoms with Crippen LogP contribution < -0.4 is 10.1 Å². The number of benzene rings is 2. The van der Waals surface area contributed by atoms with Crippen molar-refractivity contribution in [3.05, 3.63) is 59.7 Å². The lowest BCUT2D eigenvalue weighted by molar-refractivity contribution is -0.124. The molecule has 0 aliphatic heterocycles. The first kappa shape index (κ1) is 20.7. The molecule has 0 bridgehead atoms. The van der Waals surface area contributed by atoms with Crippen molar-refractivity contribution in [1.82, 2.24) is 5.32 Å². The molecule has 27 heavy (non-hydrogen) atoms. The van der Waals surface area contributed by atoms with E-state index in [4.69, 9.17) is 9.47 Å². The molecule has 8 heteroatoms. The smallest absolute Gasteiger partial charge is 0.339 e. The van der Waals surface area contributed by atoms with Gasteiger partial charge >= 0.3 is 5.97 Å². The lowest BCUT2D eigenvalue weighted by Gasteiger charge is -2.10. The summed E-state index contributed by atoms with van der Waals surface area (Å²) in [5.41, 5.74) is 0.944. The Labute approximate surface area is 160 Å². The maximum atomic E-state index is 12.5. The van der Waals surface area contributed by atoms with Gasteiger partial charge < -0.3 is 14.8 Å². The minimum Gasteiger partial charge on any atom is -0.496 e. The Morgan fingerprint density at radius 3 is 2.56 bits per heavy atom. The average molecular weight is 395 g/mol. The van der Waals surface area contributed by atoms with Crippen LogP contribution in [0.1, 0.15) is 15.9 Å². The van der Waals surface area contributed by atoms with Crippen LogP contribution >= 0.6 is 11.8 Å². The number of alkyl halides is 2. The monoisotopic (exact) mass is 395 g/mol. The van der Waals surface area contributed by atoms with Crippen molar-refractivity contribution < 1.29 is 27.8 Å². The number of esters is 1. The Bertz CT molecular complexity index is 786. The number of ether oxygens (including phenoxy) is 2. The lowest BCUT2D eigenvalue weighted by Crippen LogP contribution is -2.30. The number of carbonyl (C=O) groups excluding carboxylic acids is 2. The van der Waals surface area contributed by atoms with Gasteiger partial charge in [0, 0.05) is 11.4 Å². The number of hydrogen-bond acceptors (Lipinski definition) is 5. The average Bonchev–Trinajstić information content (AvgIpc) is 2.66. The largest absolute Gasteiger partial charge is 0.496 e. The van der Waals surface area contributed by atoms with Crippen LogP contribution in [0, 0.1) is 0 Å². The predicted octanol–water partition coefficient (Wildman–Crippen LogP) is 3.53. The quantitative estimate of drug-likeness (QED) is 0.520. The highest BCUT2D eigenvalue weighted by atomic mass is 32.2. The molecule has 1 amide bonds. The van der Waals surface area contributed by atoms with E-state index in [0.717, 1.165) is 11.3 Å². The number of thioether (sulfide) groups is 1. The molecular weight excluding hydrogens is 376 g/mol. The molecule has 144 valence electrons. The zero-order valence-electron chi connectivity index (χ0n) is 14.6. The zero-order valence-corrected chi connectivity index (χ0v) is 15.4. The summed E-state index contributed by atoms with van der Waals surface area (Å²) in [5.74, 6) is -3.22. The van der Waals surface area contributed by atoms with Crippen molar-refractivity contribution in [3.8, 4) is 5.75 Å². The summed E-state index contributed by atoms with van der Waals surface area (Å²) >= 11 is 0.256. The molecule has 0 aliphatic rings. The van der Waals surface area contributed by atoms with Crippen molar-refractivity contribution in [2.45, 2.75) is 17.1 Å². The van der Waals surface area contributed by atoms with Crippen molar-refractivity contribution in [1.29, 1.82) is 0 Å². The second kappa shape index (κ2) is 10.5.